The van der Waals surface area contributed by atoms with Crippen LogP contribution in [0.5, 0.6) is 0 Å². The molecule has 0 heterocycles. The molecule has 10 aromatic carbocycles. The van der Waals surface area contributed by atoms with Gasteiger partial charge in [0.15, 0.2) is 0 Å². The monoisotopic (exact) mass is 803 g/mol. The summed E-state index contributed by atoms with van der Waals surface area (Å²) >= 11 is 0. The molecule has 0 radical (unpaired) electrons. The molecule has 10 aromatic rings. The summed E-state index contributed by atoms with van der Waals surface area (Å²) in [6, 6.07) is 87.7. The topological polar surface area (TPSA) is 3.24 Å². The van der Waals surface area contributed by atoms with Gasteiger partial charge in [-0.05, 0) is 120 Å². The first-order valence-corrected chi connectivity index (χ1v) is 22.1. The molecule has 0 saturated heterocycles. The molecule has 2 aliphatic carbocycles. The third kappa shape index (κ3) is 5.63. The van der Waals surface area contributed by atoms with Crippen molar-refractivity contribution < 1.29 is 0 Å². The van der Waals surface area contributed by atoms with Crippen molar-refractivity contribution in [2.75, 3.05) is 4.90 Å². The van der Waals surface area contributed by atoms with E-state index < -0.39 is 5.41 Å². The quantitative estimate of drug-likeness (QED) is 0.155. The summed E-state index contributed by atoms with van der Waals surface area (Å²) in [4.78, 5) is 2.48. The van der Waals surface area contributed by atoms with Gasteiger partial charge in [0.1, 0.15) is 0 Å². The maximum Gasteiger partial charge on any atom is 0.0713 e. The van der Waals surface area contributed by atoms with Crippen molar-refractivity contribution in [3.05, 3.63) is 270 Å². The standard InChI is InChI=1S/C62H45N/c1-61(2)56-31-16-14-28-51(56)53-35-34-48(41-59(53)61)63(47-26-18-21-43(39-47)42-19-6-3-7-20-42)60-38-36-49(50-27-12-13-30-54(50)60)44-33-37-58-55(40-44)52-29-15-17-32-57(52)62(58,45-22-8-4-9-23-45)46-24-10-5-11-25-46/h3-41H,1-2H3. The zero-order valence-corrected chi connectivity index (χ0v) is 35.5. The van der Waals surface area contributed by atoms with Crippen LogP contribution < -0.4 is 4.90 Å². The molecule has 0 saturated carbocycles. The largest absolute Gasteiger partial charge is 0.310 e. The molecule has 0 aromatic heterocycles. The second-order valence-corrected chi connectivity index (χ2v) is 17.6. The first-order chi connectivity index (χ1) is 31.0. The Kier molecular flexibility index (Phi) is 8.49. The molecule has 1 heteroatoms. The third-order valence-electron chi connectivity index (χ3n) is 13.9. The fraction of sp³-hybridized carbons (Fsp3) is 0.0645. The molecule has 12 rings (SSSR count). The second-order valence-electron chi connectivity index (χ2n) is 17.6. The fourth-order valence-electron chi connectivity index (χ4n) is 11.1. The highest BCUT2D eigenvalue weighted by molar-refractivity contribution is 6.07. The number of fused-ring (bicyclic) bond motifs is 7. The van der Waals surface area contributed by atoms with Gasteiger partial charge in [0.25, 0.3) is 0 Å². The van der Waals surface area contributed by atoms with Crippen LogP contribution in [0.2, 0.25) is 0 Å². The molecule has 0 unspecified atom stereocenters. The Morgan fingerprint density at radius 1 is 0.302 bits per heavy atom. The lowest BCUT2D eigenvalue weighted by molar-refractivity contribution is 0.660. The van der Waals surface area contributed by atoms with Crippen LogP contribution in [0.1, 0.15) is 47.2 Å². The van der Waals surface area contributed by atoms with Crippen LogP contribution in [0, 0.1) is 0 Å². The van der Waals surface area contributed by atoms with Gasteiger partial charge < -0.3 is 4.90 Å². The van der Waals surface area contributed by atoms with E-state index >= 15 is 0 Å². The van der Waals surface area contributed by atoms with E-state index in [0.29, 0.717) is 0 Å². The second kappa shape index (κ2) is 14.4. The van der Waals surface area contributed by atoms with Crippen LogP contribution in [-0.4, -0.2) is 0 Å². The molecule has 0 aliphatic heterocycles. The Labute approximate surface area is 370 Å². The number of benzene rings is 10. The summed E-state index contributed by atoms with van der Waals surface area (Å²) in [6.07, 6.45) is 0. The SMILES string of the molecule is CC1(C)c2ccccc2-c2ccc(N(c3cccc(-c4ccccc4)c3)c3ccc(-c4ccc5c(c4)-c4ccccc4C5(c4ccccc4)c4ccccc4)c4ccccc34)cc21. The Morgan fingerprint density at radius 3 is 1.57 bits per heavy atom. The Balaban J connectivity index is 1.05. The lowest BCUT2D eigenvalue weighted by Crippen LogP contribution is -2.28. The lowest BCUT2D eigenvalue weighted by atomic mass is 9.67. The van der Waals surface area contributed by atoms with Crippen LogP contribution in [0.25, 0.3) is 55.3 Å². The van der Waals surface area contributed by atoms with Crippen molar-refractivity contribution >= 4 is 27.8 Å². The van der Waals surface area contributed by atoms with Gasteiger partial charge in [-0.2, -0.15) is 0 Å². The van der Waals surface area contributed by atoms with Gasteiger partial charge in [0, 0.05) is 22.2 Å². The van der Waals surface area contributed by atoms with Gasteiger partial charge >= 0.3 is 0 Å². The minimum atomic E-state index is -0.431. The van der Waals surface area contributed by atoms with Gasteiger partial charge in [-0.3, -0.25) is 0 Å². The Hall–Kier alpha value is -7.74. The average molecular weight is 804 g/mol. The summed E-state index contributed by atoms with van der Waals surface area (Å²) in [6.45, 7) is 4.73. The molecule has 0 N–H and O–H groups in total. The van der Waals surface area contributed by atoms with Gasteiger partial charge in [-0.1, -0.05) is 214 Å². The molecule has 63 heavy (non-hydrogen) atoms. The number of hydrogen-bond donors (Lipinski definition) is 0. The Bertz CT molecular complexity index is 3320. The third-order valence-corrected chi connectivity index (χ3v) is 13.9. The summed E-state index contributed by atoms with van der Waals surface area (Å²) < 4.78 is 0. The predicted molar refractivity (Wildman–Crippen MR) is 264 cm³/mol. The van der Waals surface area contributed by atoms with Gasteiger partial charge in [0.2, 0.25) is 0 Å². The summed E-state index contributed by atoms with van der Waals surface area (Å²) in [5, 5.41) is 2.42. The minimum Gasteiger partial charge on any atom is -0.310 e. The molecule has 0 atom stereocenters. The van der Waals surface area contributed by atoms with E-state index in [2.05, 4.69) is 255 Å². The highest BCUT2D eigenvalue weighted by atomic mass is 15.1. The van der Waals surface area contributed by atoms with Crippen molar-refractivity contribution in [1.82, 2.24) is 0 Å². The Morgan fingerprint density at radius 2 is 0.841 bits per heavy atom. The van der Waals surface area contributed by atoms with E-state index in [-0.39, 0.29) is 5.41 Å². The van der Waals surface area contributed by atoms with Crippen LogP contribution in [0.3, 0.4) is 0 Å². The van der Waals surface area contributed by atoms with Gasteiger partial charge in [0.05, 0.1) is 11.1 Å². The molecular formula is C62H45N. The zero-order chi connectivity index (χ0) is 42.1. The fourth-order valence-corrected chi connectivity index (χ4v) is 11.1. The number of hydrogen-bond acceptors (Lipinski definition) is 1. The summed E-state index contributed by atoms with van der Waals surface area (Å²) in [5.41, 5.74) is 20.8. The first-order valence-electron chi connectivity index (χ1n) is 22.1. The summed E-state index contributed by atoms with van der Waals surface area (Å²) in [5.74, 6) is 0. The molecular weight excluding hydrogens is 759 g/mol. The molecule has 0 fully saturated rings. The minimum absolute atomic E-state index is 0.129. The molecule has 298 valence electrons. The zero-order valence-electron chi connectivity index (χ0n) is 35.5. The van der Waals surface area contributed by atoms with Crippen molar-refractivity contribution in [2.45, 2.75) is 24.7 Å². The van der Waals surface area contributed by atoms with E-state index in [1.807, 2.05) is 0 Å². The maximum atomic E-state index is 2.48. The van der Waals surface area contributed by atoms with Crippen molar-refractivity contribution in [2.24, 2.45) is 0 Å². The molecule has 0 amide bonds. The molecule has 0 spiro atoms. The molecule has 1 nitrogen and oxygen atoms in total. The van der Waals surface area contributed by atoms with Crippen LogP contribution in [0.4, 0.5) is 17.1 Å². The van der Waals surface area contributed by atoms with Crippen LogP contribution in [0.15, 0.2) is 237 Å². The predicted octanol–water partition coefficient (Wildman–Crippen LogP) is 16.3. The lowest BCUT2D eigenvalue weighted by Gasteiger charge is -2.34. The number of rotatable bonds is 7. The van der Waals surface area contributed by atoms with E-state index in [4.69, 9.17) is 0 Å². The highest BCUT2D eigenvalue weighted by Gasteiger charge is 2.46. The van der Waals surface area contributed by atoms with Crippen molar-refractivity contribution in [1.29, 1.82) is 0 Å². The first kappa shape index (κ1) is 37.1. The summed E-state index contributed by atoms with van der Waals surface area (Å²) in [7, 11) is 0. The van der Waals surface area contributed by atoms with Crippen LogP contribution in [-0.2, 0) is 10.8 Å². The molecule has 2 aliphatic rings. The highest BCUT2D eigenvalue weighted by Crippen LogP contribution is 2.57. The normalized spacial score (nSPS) is 13.8. The van der Waals surface area contributed by atoms with E-state index in [1.54, 1.807) is 0 Å². The van der Waals surface area contributed by atoms with Crippen molar-refractivity contribution in [3.8, 4) is 44.5 Å². The average Bonchev–Trinajstić information content (AvgIpc) is 3.77. The van der Waals surface area contributed by atoms with E-state index in [9.17, 15) is 0 Å². The van der Waals surface area contributed by atoms with Gasteiger partial charge in [-0.25, -0.2) is 0 Å². The number of nitrogens with zero attached hydrogens (tertiary/aromatic N) is 1. The maximum absolute atomic E-state index is 2.48. The van der Waals surface area contributed by atoms with Crippen molar-refractivity contribution in [3.63, 3.8) is 0 Å². The smallest absolute Gasteiger partial charge is 0.0713 e. The van der Waals surface area contributed by atoms with E-state index in [1.165, 1.54) is 88.7 Å². The van der Waals surface area contributed by atoms with Crippen LogP contribution >= 0.6 is 0 Å². The van der Waals surface area contributed by atoms with Gasteiger partial charge in [-0.15, -0.1) is 0 Å². The van der Waals surface area contributed by atoms with E-state index in [0.717, 1.165) is 17.1 Å². The molecule has 0 bridgehead atoms. The number of anilines is 3.